The SMILES string of the molecule is O=C(N[C@H]1C[C@H]2C(=O)N3CCC[C@H]3C(=O)N2C1)c1ccc(Br)cc1. The van der Waals surface area contributed by atoms with E-state index >= 15 is 0 Å². The van der Waals surface area contributed by atoms with Gasteiger partial charge in [-0.15, -0.1) is 0 Å². The monoisotopic (exact) mass is 391 g/mol. The highest BCUT2D eigenvalue weighted by Gasteiger charge is 2.51. The first-order chi connectivity index (χ1) is 11.5. The molecule has 1 aromatic carbocycles. The average molecular weight is 392 g/mol. The van der Waals surface area contributed by atoms with E-state index in [2.05, 4.69) is 21.2 Å². The number of nitrogens with zero attached hydrogens (tertiary/aromatic N) is 2. The molecule has 3 fully saturated rings. The molecule has 1 aromatic rings. The number of benzene rings is 1. The number of hydrogen-bond donors (Lipinski definition) is 1. The molecule has 0 saturated carbocycles. The summed E-state index contributed by atoms with van der Waals surface area (Å²) < 4.78 is 0.911. The van der Waals surface area contributed by atoms with Crippen molar-refractivity contribution in [3.8, 4) is 0 Å². The molecule has 0 bridgehead atoms. The van der Waals surface area contributed by atoms with E-state index in [9.17, 15) is 14.4 Å². The molecular weight excluding hydrogens is 374 g/mol. The van der Waals surface area contributed by atoms with Crippen LogP contribution in [0.4, 0.5) is 0 Å². The summed E-state index contributed by atoms with van der Waals surface area (Å²) in [5.41, 5.74) is 0.571. The summed E-state index contributed by atoms with van der Waals surface area (Å²) in [7, 11) is 0. The molecule has 3 amide bonds. The largest absolute Gasteiger partial charge is 0.347 e. The van der Waals surface area contributed by atoms with Crippen molar-refractivity contribution in [1.82, 2.24) is 15.1 Å². The van der Waals surface area contributed by atoms with Crippen LogP contribution in [0.25, 0.3) is 0 Å². The minimum Gasteiger partial charge on any atom is -0.347 e. The lowest BCUT2D eigenvalue weighted by Gasteiger charge is -2.38. The van der Waals surface area contributed by atoms with E-state index in [4.69, 9.17) is 0 Å². The lowest BCUT2D eigenvalue weighted by atomic mass is 10.1. The fourth-order valence-electron chi connectivity index (χ4n) is 3.96. The lowest BCUT2D eigenvalue weighted by molar-refractivity contribution is -0.156. The van der Waals surface area contributed by atoms with Gasteiger partial charge < -0.3 is 15.1 Å². The fourth-order valence-corrected chi connectivity index (χ4v) is 4.22. The van der Waals surface area contributed by atoms with Crippen LogP contribution in [0.2, 0.25) is 0 Å². The smallest absolute Gasteiger partial charge is 0.251 e. The first-order valence-electron chi connectivity index (χ1n) is 8.22. The predicted octanol–water partition coefficient (Wildman–Crippen LogP) is 1.15. The van der Waals surface area contributed by atoms with Gasteiger partial charge in [-0.25, -0.2) is 0 Å². The maximum Gasteiger partial charge on any atom is 0.251 e. The van der Waals surface area contributed by atoms with E-state index in [1.165, 1.54) is 0 Å². The lowest BCUT2D eigenvalue weighted by Crippen LogP contribution is -2.60. The number of rotatable bonds is 2. The van der Waals surface area contributed by atoms with Crippen molar-refractivity contribution in [3.63, 3.8) is 0 Å². The molecule has 6 nitrogen and oxygen atoms in total. The Morgan fingerprint density at radius 3 is 2.54 bits per heavy atom. The van der Waals surface area contributed by atoms with Crippen LogP contribution in [0.3, 0.4) is 0 Å². The van der Waals surface area contributed by atoms with Crippen molar-refractivity contribution in [1.29, 1.82) is 0 Å². The van der Waals surface area contributed by atoms with Gasteiger partial charge >= 0.3 is 0 Å². The summed E-state index contributed by atoms with van der Waals surface area (Å²) in [6.07, 6.45) is 2.15. The average Bonchev–Trinajstić information content (AvgIpc) is 3.20. The highest BCUT2D eigenvalue weighted by molar-refractivity contribution is 9.10. The number of hydrogen-bond acceptors (Lipinski definition) is 3. The Morgan fingerprint density at radius 2 is 1.79 bits per heavy atom. The Morgan fingerprint density at radius 1 is 1.08 bits per heavy atom. The van der Waals surface area contributed by atoms with Crippen molar-refractivity contribution in [2.45, 2.75) is 37.4 Å². The van der Waals surface area contributed by atoms with Crippen LogP contribution in [0, 0.1) is 0 Å². The molecule has 4 rings (SSSR count). The molecule has 3 aliphatic rings. The number of fused-ring (bicyclic) bond motifs is 2. The molecule has 3 atom stereocenters. The Bertz CT molecular complexity index is 676. The van der Waals surface area contributed by atoms with Crippen molar-refractivity contribution in [2.75, 3.05) is 13.1 Å². The third kappa shape index (κ3) is 2.51. The minimum absolute atomic E-state index is 0.0393. The Labute approximate surface area is 148 Å². The topological polar surface area (TPSA) is 69.7 Å². The molecule has 0 unspecified atom stereocenters. The maximum atomic E-state index is 12.6. The van der Waals surface area contributed by atoms with Crippen molar-refractivity contribution < 1.29 is 14.4 Å². The van der Waals surface area contributed by atoms with Crippen molar-refractivity contribution >= 4 is 33.7 Å². The Balaban J connectivity index is 1.46. The van der Waals surface area contributed by atoms with Gasteiger partial charge in [0.2, 0.25) is 11.8 Å². The Hall–Kier alpha value is -1.89. The second-order valence-electron chi connectivity index (χ2n) is 6.61. The molecule has 1 N–H and O–H groups in total. The van der Waals surface area contributed by atoms with E-state index in [0.29, 0.717) is 25.1 Å². The second-order valence-corrected chi connectivity index (χ2v) is 7.52. The van der Waals surface area contributed by atoms with Gasteiger partial charge in [0.15, 0.2) is 0 Å². The number of piperazine rings is 1. The highest BCUT2D eigenvalue weighted by atomic mass is 79.9. The first-order valence-corrected chi connectivity index (χ1v) is 9.01. The molecule has 0 radical (unpaired) electrons. The van der Waals surface area contributed by atoms with Gasteiger partial charge in [0, 0.05) is 29.2 Å². The molecule has 3 saturated heterocycles. The van der Waals surface area contributed by atoms with Crippen LogP contribution in [0.15, 0.2) is 28.7 Å². The third-order valence-corrected chi connectivity index (χ3v) is 5.66. The van der Waals surface area contributed by atoms with E-state index < -0.39 is 6.04 Å². The minimum atomic E-state index is -0.415. The zero-order chi connectivity index (χ0) is 16.8. The first kappa shape index (κ1) is 15.6. The predicted molar refractivity (Wildman–Crippen MR) is 90.2 cm³/mol. The zero-order valence-corrected chi connectivity index (χ0v) is 14.7. The number of nitrogens with one attached hydrogen (secondary N) is 1. The normalized spacial score (nSPS) is 28.8. The van der Waals surface area contributed by atoms with Gasteiger partial charge in [0.05, 0.1) is 0 Å². The second kappa shape index (κ2) is 5.88. The van der Waals surface area contributed by atoms with Gasteiger partial charge in [-0.2, -0.15) is 0 Å². The third-order valence-electron chi connectivity index (χ3n) is 5.13. The molecule has 126 valence electrons. The van der Waals surface area contributed by atoms with Crippen molar-refractivity contribution in [2.24, 2.45) is 0 Å². The summed E-state index contributed by atoms with van der Waals surface area (Å²) in [4.78, 5) is 40.9. The molecule has 3 aliphatic heterocycles. The van der Waals surface area contributed by atoms with E-state index in [1.54, 1.807) is 21.9 Å². The standard InChI is InChI=1S/C17H18BrN3O3/c18-11-5-3-10(4-6-11)15(22)19-12-8-14-17(24)20-7-1-2-13(20)16(23)21(14)9-12/h3-6,12-14H,1-2,7-9H2,(H,19,22)/t12-,13-,14-/m0/s1. The summed E-state index contributed by atoms with van der Waals surface area (Å²) in [5, 5.41) is 2.96. The quantitative estimate of drug-likeness (QED) is 0.821. The molecule has 0 aromatic heterocycles. The van der Waals surface area contributed by atoms with Gasteiger partial charge in [-0.1, -0.05) is 15.9 Å². The van der Waals surface area contributed by atoms with E-state index in [0.717, 1.165) is 17.3 Å². The molecule has 24 heavy (non-hydrogen) atoms. The van der Waals surface area contributed by atoms with Crippen LogP contribution in [-0.4, -0.2) is 58.7 Å². The van der Waals surface area contributed by atoms with Crippen LogP contribution in [0.5, 0.6) is 0 Å². The number of carbonyl (C=O) groups is 3. The fraction of sp³-hybridized carbons (Fsp3) is 0.471. The van der Waals surface area contributed by atoms with Crippen LogP contribution in [-0.2, 0) is 9.59 Å². The molecule has 3 heterocycles. The number of carbonyl (C=O) groups excluding carboxylic acids is 3. The van der Waals surface area contributed by atoms with Gasteiger partial charge in [0.25, 0.3) is 5.91 Å². The Kier molecular flexibility index (Phi) is 3.83. The highest BCUT2D eigenvalue weighted by Crippen LogP contribution is 2.32. The summed E-state index contributed by atoms with van der Waals surface area (Å²) in [6.45, 7) is 1.09. The van der Waals surface area contributed by atoms with E-state index in [-0.39, 0.29) is 29.8 Å². The van der Waals surface area contributed by atoms with Gasteiger partial charge in [0.1, 0.15) is 12.1 Å². The van der Waals surface area contributed by atoms with Crippen LogP contribution in [0.1, 0.15) is 29.6 Å². The molecule has 7 heteroatoms. The number of amides is 3. The maximum absolute atomic E-state index is 12.6. The van der Waals surface area contributed by atoms with Gasteiger partial charge in [-0.3, -0.25) is 14.4 Å². The summed E-state index contributed by atoms with van der Waals surface area (Å²) in [5.74, 6) is -0.0947. The zero-order valence-electron chi connectivity index (χ0n) is 13.1. The van der Waals surface area contributed by atoms with Gasteiger partial charge in [-0.05, 0) is 43.5 Å². The molecule has 0 aliphatic carbocycles. The van der Waals surface area contributed by atoms with Crippen molar-refractivity contribution in [3.05, 3.63) is 34.3 Å². The number of halogens is 1. The summed E-state index contributed by atoms with van der Waals surface area (Å²) >= 11 is 3.34. The van der Waals surface area contributed by atoms with E-state index in [1.807, 2.05) is 12.1 Å². The van der Waals surface area contributed by atoms with Crippen LogP contribution < -0.4 is 5.32 Å². The molecule has 0 spiro atoms. The molecular formula is C17H18BrN3O3. The summed E-state index contributed by atoms with van der Waals surface area (Å²) in [6, 6.07) is 6.24. The van der Waals surface area contributed by atoms with Crippen LogP contribution >= 0.6 is 15.9 Å².